The number of thiophene rings is 1. The maximum Gasteiger partial charge on any atom is 0.348 e. The summed E-state index contributed by atoms with van der Waals surface area (Å²) in [7, 11) is 1.20. The van der Waals surface area contributed by atoms with Gasteiger partial charge in [-0.3, -0.25) is 4.79 Å². The second-order valence-corrected chi connectivity index (χ2v) is 7.26. The van der Waals surface area contributed by atoms with E-state index in [0.29, 0.717) is 12.0 Å². The zero-order valence-corrected chi connectivity index (χ0v) is 17.5. The van der Waals surface area contributed by atoms with Crippen molar-refractivity contribution in [3.8, 4) is 5.75 Å². The van der Waals surface area contributed by atoms with Gasteiger partial charge < -0.3 is 19.9 Å². The summed E-state index contributed by atoms with van der Waals surface area (Å²) in [6.07, 6.45) is 0.349. The number of anilines is 1. The zero-order valence-electron chi connectivity index (χ0n) is 15.2. The summed E-state index contributed by atoms with van der Waals surface area (Å²) >= 11 is 12.6. The highest BCUT2D eigenvalue weighted by atomic mass is 35.5. The van der Waals surface area contributed by atoms with Crippen molar-refractivity contribution in [3.05, 3.63) is 43.7 Å². The third-order valence-electron chi connectivity index (χ3n) is 3.72. The third kappa shape index (κ3) is 4.40. The maximum absolute atomic E-state index is 12.6. The van der Waals surface area contributed by atoms with Crippen molar-refractivity contribution < 1.29 is 29.0 Å². The Hall–Kier alpha value is -2.29. The van der Waals surface area contributed by atoms with Gasteiger partial charge in [0.2, 0.25) is 0 Å². The summed E-state index contributed by atoms with van der Waals surface area (Å²) < 4.78 is 9.83. The van der Waals surface area contributed by atoms with Gasteiger partial charge in [0, 0.05) is 5.56 Å². The monoisotopic (exact) mass is 445 g/mol. The van der Waals surface area contributed by atoms with Gasteiger partial charge in [-0.15, -0.1) is 11.3 Å². The summed E-state index contributed by atoms with van der Waals surface area (Å²) in [6.45, 7) is 3.60. The molecule has 150 valence electrons. The third-order valence-corrected chi connectivity index (χ3v) is 5.42. The highest BCUT2D eigenvalue weighted by Gasteiger charge is 2.28. The number of phenols is 1. The molecule has 0 unspecified atom stereocenters. The fourth-order valence-electron chi connectivity index (χ4n) is 2.44. The van der Waals surface area contributed by atoms with Gasteiger partial charge >= 0.3 is 11.9 Å². The number of hydrogen-bond donors (Lipinski definition) is 2. The Balaban J connectivity index is 2.50. The van der Waals surface area contributed by atoms with E-state index in [1.54, 1.807) is 13.8 Å². The molecule has 1 amide bonds. The van der Waals surface area contributed by atoms with Crippen LogP contribution in [0.2, 0.25) is 10.0 Å². The number of carbonyl (C=O) groups is 3. The number of hydrogen-bond acceptors (Lipinski definition) is 7. The van der Waals surface area contributed by atoms with Gasteiger partial charge in [-0.2, -0.15) is 0 Å². The second-order valence-electron chi connectivity index (χ2n) is 5.42. The van der Waals surface area contributed by atoms with Crippen molar-refractivity contribution >= 4 is 57.4 Å². The van der Waals surface area contributed by atoms with E-state index in [0.717, 1.165) is 11.3 Å². The summed E-state index contributed by atoms with van der Waals surface area (Å²) in [6, 6.07) is 2.47. The standard InChI is InChI=1S/C18H17Cl2NO6S/c1-4-9-12(17(24)26-3)16(28-14(9)18(25)27-5-2)21-15(23)8-6-10(19)13(22)11(20)7-8/h6-7,22H,4-5H2,1-3H3,(H,21,23). The SMILES string of the molecule is CCOC(=O)c1sc(NC(=O)c2cc(Cl)c(O)c(Cl)c2)c(C(=O)OC)c1CC. The lowest BCUT2D eigenvalue weighted by Gasteiger charge is -2.08. The zero-order chi connectivity index (χ0) is 21.0. The van der Waals surface area contributed by atoms with Crippen LogP contribution in [0.4, 0.5) is 5.00 Å². The molecule has 2 rings (SSSR count). The number of amides is 1. The van der Waals surface area contributed by atoms with Crippen molar-refractivity contribution in [2.75, 3.05) is 19.0 Å². The van der Waals surface area contributed by atoms with Gasteiger partial charge in [-0.1, -0.05) is 30.1 Å². The molecule has 0 aliphatic carbocycles. The predicted octanol–water partition coefficient (Wildman–Crippen LogP) is 4.54. The fourth-order valence-corrected chi connectivity index (χ4v) is 4.10. The number of phenolic OH excluding ortho intramolecular Hbond substituents is 1. The summed E-state index contributed by atoms with van der Waals surface area (Å²) in [4.78, 5) is 37.4. The summed E-state index contributed by atoms with van der Waals surface area (Å²) in [5.41, 5.74) is 0.572. The average molecular weight is 446 g/mol. The maximum atomic E-state index is 12.6. The molecule has 1 heterocycles. The van der Waals surface area contributed by atoms with Gasteiger partial charge in [0.1, 0.15) is 9.88 Å². The minimum Gasteiger partial charge on any atom is -0.505 e. The Kier molecular flexibility index (Phi) is 7.29. The number of carbonyl (C=O) groups excluding carboxylic acids is 3. The molecule has 2 aromatic rings. The Morgan fingerprint density at radius 2 is 1.75 bits per heavy atom. The first-order valence-corrected chi connectivity index (χ1v) is 9.72. The summed E-state index contributed by atoms with van der Waals surface area (Å²) in [5, 5.41) is 12.1. The van der Waals surface area contributed by atoms with E-state index >= 15 is 0 Å². The molecule has 7 nitrogen and oxygen atoms in total. The minimum atomic E-state index is -0.694. The first-order chi connectivity index (χ1) is 13.2. The van der Waals surface area contributed by atoms with Crippen LogP contribution in [-0.4, -0.2) is 36.7 Å². The molecule has 0 atom stereocenters. The van der Waals surface area contributed by atoms with Crippen LogP contribution >= 0.6 is 34.5 Å². The van der Waals surface area contributed by atoms with Crippen molar-refractivity contribution in [3.63, 3.8) is 0 Å². The van der Waals surface area contributed by atoms with Gasteiger partial charge in [0.25, 0.3) is 5.91 Å². The quantitative estimate of drug-likeness (QED) is 0.632. The largest absolute Gasteiger partial charge is 0.505 e. The van der Waals surface area contributed by atoms with Crippen LogP contribution in [0.5, 0.6) is 5.75 Å². The smallest absolute Gasteiger partial charge is 0.348 e. The molecule has 0 aliphatic heterocycles. The Morgan fingerprint density at radius 1 is 1.14 bits per heavy atom. The number of halogens is 2. The Labute approximate surface area is 175 Å². The number of aromatic hydroxyl groups is 1. The van der Waals surface area contributed by atoms with Crippen molar-refractivity contribution in [2.24, 2.45) is 0 Å². The van der Waals surface area contributed by atoms with Crippen LogP contribution in [0.25, 0.3) is 0 Å². The highest BCUT2D eigenvalue weighted by molar-refractivity contribution is 7.18. The molecule has 1 aromatic heterocycles. The molecule has 2 N–H and O–H groups in total. The lowest BCUT2D eigenvalue weighted by atomic mass is 10.1. The molecule has 0 radical (unpaired) electrons. The molecule has 10 heteroatoms. The van der Waals surface area contributed by atoms with Gasteiger partial charge in [0.05, 0.1) is 29.3 Å². The molecule has 0 saturated heterocycles. The van der Waals surface area contributed by atoms with Crippen LogP contribution in [-0.2, 0) is 15.9 Å². The Bertz CT molecular complexity index is 917. The Morgan fingerprint density at radius 3 is 2.25 bits per heavy atom. The van der Waals surface area contributed by atoms with Gasteiger partial charge in [0.15, 0.2) is 5.75 Å². The molecule has 0 fully saturated rings. The van der Waals surface area contributed by atoms with Crippen molar-refractivity contribution in [1.29, 1.82) is 0 Å². The number of esters is 2. The van der Waals surface area contributed by atoms with Crippen LogP contribution in [0.15, 0.2) is 12.1 Å². The first kappa shape index (κ1) is 22.0. The second kappa shape index (κ2) is 9.27. The van der Waals surface area contributed by atoms with E-state index in [4.69, 9.17) is 32.7 Å². The molecular weight excluding hydrogens is 429 g/mol. The lowest BCUT2D eigenvalue weighted by molar-refractivity contribution is 0.0531. The number of nitrogens with one attached hydrogen (secondary N) is 1. The number of ether oxygens (including phenoxy) is 2. The number of methoxy groups -OCH3 is 1. The topological polar surface area (TPSA) is 102 Å². The van der Waals surface area contributed by atoms with E-state index in [2.05, 4.69) is 5.32 Å². The number of benzene rings is 1. The lowest BCUT2D eigenvalue weighted by Crippen LogP contribution is -2.15. The minimum absolute atomic E-state index is 0.0627. The molecule has 0 saturated carbocycles. The van der Waals surface area contributed by atoms with Gasteiger partial charge in [-0.25, -0.2) is 9.59 Å². The predicted molar refractivity (Wildman–Crippen MR) is 107 cm³/mol. The number of rotatable bonds is 6. The van der Waals surface area contributed by atoms with Crippen LogP contribution in [0.1, 0.15) is 49.8 Å². The average Bonchev–Trinajstić information content (AvgIpc) is 3.03. The van der Waals surface area contributed by atoms with E-state index in [9.17, 15) is 19.5 Å². The van der Waals surface area contributed by atoms with Gasteiger partial charge in [-0.05, 0) is 31.0 Å². The highest BCUT2D eigenvalue weighted by Crippen LogP contribution is 2.37. The van der Waals surface area contributed by atoms with Crippen molar-refractivity contribution in [1.82, 2.24) is 0 Å². The molecule has 1 aromatic carbocycles. The van der Waals surface area contributed by atoms with E-state index in [1.165, 1.54) is 19.2 Å². The normalized spacial score (nSPS) is 10.5. The van der Waals surface area contributed by atoms with Crippen LogP contribution < -0.4 is 5.32 Å². The van der Waals surface area contributed by atoms with E-state index in [1.807, 2.05) is 0 Å². The molecular formula is C18H17Cl2NO6S. The molecule has 0 bridgehead atoms. The molecule has 28 heavy (non-hydrogen) atoms. The summed E-state index contributed by atoms with van der Waals surface area (Å²) in [5.74, 6) is -2.26. The van der Waals surface area contributed by atoms with Crippen LogP contribution in [0.3, 0.4) is 0 Å². The van der Waals surface area contributed by atoms with Crippen molar-refractivity contribution in [2.45, 2.75) is 20.3 Å². The molecule has 0 aliphatic rings. The first-order valence-electron chi connectivity index (χ1n) is 8.15. The van der Waals surface area contributed by atoms with E-state index in [-0.39, 0.29) is 43.4 Å². The fraction of sp³-hybridized carbons (Fsp3) is 0.278. The molecule has 0 spiro atoms. The van der Waals surface area contributed by atoms with E-state index < -0.39 is 17.8 Å². The van der Waals surface area contributed by atoms with Crippen LogP contribution in [0, 0.1) is 0 Å².